The van der Waals surface area contributed by atoms with Crippen LogP contribution in [-0.4, -0.2) is 83.4 Å². The van der Waals surface area contributed by atoms with Crippen molar-refractivity contribution < 1.29 is 9.59 Å². The van der Waals surface area contributed by atoms with Gasteiger partial charge in [0.1, 0.15) is 0 Å². The van der Waals surface area contributed by atoms with Crippen molar-refractivity contribution in [1.29, 1.82) is 0 Å². The van der Waals surface area contributed by atoms with Crippen LogP contribution in [0.1, 0.15) is 45.2 Å². The zero-order valence-electron chi connectivity index (χ0n) is 18.7. The summed E-state index contributed by atoms with van der Waals surface area (Å²) in [5, 5.41) is 3.06. The number of aromatic nitrogens is 1. The fraction of sp³-hybridized carbons (Fsp3) is 0.696. The molecule has 2 saturated heterocycles. The van der Waals surface area contributed by atoms with Gasteiger partial charge < -0.3 is 10.2 Å². The predicted octanol–water partition coefficient (Wildman–Crippen LogP) is 1.74. The summed E-state index contributed by atoms with van der Waals surface area (Å²) in [4.78, 5) is 35.9. The van der Waals surface area contributed by atoms with Crippen molar-refractivity contribution in [3.63, 3.8) is 0 Å². The Hall–Kier alpha value is -1.99. The first-order valence-electron chi connectivity index (χ1n) is 11.3. The second kappa shape index (κ2) is 10.9. The van der Waals surface area contributed by atoms with E-state index in [9.17, 15) is 9.59 Å². The first-order chi connectivity index (χ1) is 14.4. The molecule has 0 aliphatic carbocycles. The van der Waals surface area contributed by atoms with Gasteiger partial charge in [-0.3, -0.25) is 24.4 Å². The number of hydrogen-bond acceptors (Lipinski definition) is 5. The van der Waals surface area contributed by atoms with Gasteiger partial charge in [0.15, 0.2) is 0 Å². The quantitative estimate of drug-likeness (QED) is 0.735. The molecule has 7 heteroatoms. The minimum atomic E-state index is 0.0572. The molecule has 2 aliphatic rings. The number of nitrogens with zero attached hydrogens (tertiary/aromatic N) is 4. The van der Waals surface area contributed by atoms with Gasteiger partial charge in [0, 0.05) is 45.0 Å². The number of carbonyl (C=O) groups is 2. The van der Waals surface area contributed by atoms with Crippen LogP contribution in [0.25, 0.3) is 0 Å². The Morgan fingerprint density at radius 2 is 1.97 bits per heavy atom. The number of pyridine rings is 1. The third-order valence-corrected chi connectivity index (χ3v) is 6.59. The van der Waals surface area contributed by atoms with Crippen LogP contribution in [0.3, 0.4) is 0 Å². The Balaban J connectivity index is 1.42. The molecule has 30 heavy (non-hydrogen) atoms. The molecule has 1 atom stereocenters. The van der Waals surface area contributed by atoms with Crippen molar-refractivity contribution in [2.24, 2.45) is 5.92 Å². The molecule has 3 heterocycles. The lowest BCUT2D eigenvalue weighted by Crippen LogP contribution is -2.52. The lowest BCUT2D eigenvalue weighted by molar-refractivity contribution is -0.133. The van der Waals surface area contributed by atoms with Crippen molar-refractivity contribution in [3.05, 3.63) is 30.1 Å². The smallest absolute Gasteiger partial charge is 0.236 e. The molecule has 0 spiro atoms. The first kappa shape index (κ1) is 22.7. The molecule has 2 amide bonds. The molecule has 1 aromatic rings. The molecule has 3 rings (SSSR count). The van der Waals surface area contributed by atoms with Crippen molar-refractivity contribution >= 4 is 11.8 Å². The maximum atomic E-state index is 12.7. The standard InChI is InChI=1S/C23H37N5O2/c1-18(2)26(3)22(29)17-27-13-9-21(10-14-27)28-12-6-7-19(16-28)23(30)25-15-20-8-4-5-11-24-20/h4-5,8,11,18-19,21H,6-7,9-10,12-17H2,1-3H3,(H,25,30)/t19-/m0/s1. The zero-order chi connectivity index (χ0) is 21.5. The molecule has 2 aliphatic heterocycles. The Bertz CT molecular complexity index is 688. The third-order valence-electron chi connectivity index (χ3n) is 6.59. The lowest BCUT2D eigenvalue weighted by atomic mass is 9.93. The van der Waals surface area contributed by atoms with Gasteiger partial charge in [-0.15, -0.1) is 0 Å². The first-order valence-corrected chi connectivity index (χ1v) is 11.3. The number of carbonyl (C=O) groups excluding carboxylic acids is 2. The van der Waals surface area contributed by atoms with Crippen LogP contribution in [0.5, 0.6) is 0 Å². The van der Waals surface area contributed by atoms with Crippen LogP contribution in [0.15, 0.2) is 24.4 Å². The van der Waals surface area contributed by atoms with Gasteiger partial charge in [-0.2, -0.15) is 0 Å². The molecule has 1 aromatic heterocycles. The summed E-state index contributed by atoms with van der Waals surface area (Å²) in [5.41, 5.74) is 0.892. The molecule has 0 unspecified atom stereocenters. The van der Waals surface area contributed by atoms with Gasteiger partial charge in [-0.05, 0) is 58.2 Å². The van der Waals surface area contributed by atoms with E-state index in [0.717, 1.165) is 57.6 Å². The molecule has 0 bridgehead atoms. The van der Waals surface area contributed by atoms with E-state index in [1.807, 2.05) is 44.0 Å². The number of likely N-dealkylation sites (tertiary alicyclic amines) is 2. The van der Waals surface area contributed by atoms with Crippen LogP contribution in [-0.2, 0) is 16.1 Å². The Morgan fingerprint density at radius 1 is 1.20 bits per heavy atom. The minimum absolute atomic E-state index is 0.0572. The van der Waals surface area contributed by atoms with Crippen LogP contribution >= 0.6 is 0 Å². The van der Waals surface area contributed by atoms with Gasteiger partial charge in [-0.25, -0.2) is 0 Å². The number of piperidine rings is 2. The molecule has 2 fully saturated rings. The van der Waals surface area contributed by atoms with Crippen molar-refractivity contribution in [2.45, 2.75) is 58.2 Å². The average molecular weight is 416 g/mol. The van der Waals surface area contributed by atoms with Crippen LogP contribution in [0.4, 0.5) is 0 Å². The largest absolute Gasteiger partial charge is 0.350 e. The summed E-state index contributed by atoms with van der Waals surface area (Å²) >= 11 is 0. The maximum Gasteiger partial charge on any atom is 0.236 e. The summed E-state index contributed by atoms with van der Waals surface area (Å²) in [5.74, 6) is 0.401. The van der Waals surface area contributed by atoms with E-state index in [1.165, 1.54) is 0 Å². The van der Waals surface area contributed by atoms with E-state index in [-0.39, 0.29) is 23.8 Å². The van der Waals surface area contributed by atoms with Crippen LogP contribution in [0.2, 0.25) is 0 Å². The van der Waals surface area contributed by atoms with Gasteiger partial charge in [-0.1, -0.05) is 6.07 Å². The Morgan fingerprint density at radius 3 is 2.63 bits per heavy atom. The van der Waals surface area contributed by atoms with Gasteiger partial charge in [0.2, 0.25) is 11.8 Å². The summed E-state index contributed by atoms with van der Waals surface area (Å²) in [6.07, 6.45) is 5.92. The zero-order valence-corrected chi connectivity index (χ0v) is 18.7. The molecule has 0 saturated carbocycles. The van der Waals surface area contributed by atoms with Gasteiger partial charge >= 0.3 is 0 Å². The normalized spacial score (nSPS) is 21.5. The van der Waals surface area contributed by atoms with Gasteiger partial charge in [0.05, 0.1) is 24.7 Å². The second-order valence-corrected chi connectivity index (χ2v) is 8.98. The highest BCUT2D eigenvalue weighted by atomic mass is 16.2. The summed E-state index contributed by atoms with van der Waals surface area (Å²) in [7, 11) is 1.88. The Kier molecular flexibility index (Phi) is 8.22. The van der Waals surface area contributed by atoms with E-state index in [1.54, 1.807) is 6.20 Å². The van der Waals surface area contributed by atoms with Crippen molar-refractivity contribution in [2.75, 3.05) is 39.8 Å². The van der Waals surface area contributed by atoms with Crippen molar-refractivity contribution in [3.8, 4) is 0 Å². The number of rotatable bonds is 7. The van der Waals surface area contributed by atoms with E-state index < -0.39 is 0 Å². The maximum absolute atomic E-state index is 12.7. The molecule has 166 valence electrons. The van der Waals surface area contributed by atoms with E-state index in [0.29, 0.717) is 19.1 Å². The highest BCUT2D eigenvalue weighted by Crippen LogP contribution is 2.24. The molecular weight excluding hydrogens is 378 g/mol. The number of nitrogens with one attached hydrogen (secondary N) is 1. The summed E-state index contributed by atoms with van der Waals surface area (Å²) < 4.78 is 0. The van der Waals surface area contributed by atoms with Crippen molar-refractivity contribution in [1.82, 2.24) is 25.0 Å². The molecule has 7 nitrogen and oxygen atoms in total. The monoisotopic (exact) mass is 415 g/mol. The third kappa shape index (κ3) is 6.25. The highest BCUT2D eigenvalue weighted by Gasteiger charge is 2.32. The van der Waals surface area contributed by atoms with E-state index in [2.05, 4.69) is 20.1 Å². The molecular formula is C23H37N5O2. The van der Waals surface area contributed by atoms with E-state index >= 15 is 0 Å². The average Bonchev–Trinajstić information content (AvgIpc) is 2.78. The SMILES string of the molecule is CC(C)N(C)C(=O)CN1CCC(N2CCC[C@H](C(=O)NCc3ccccn3)C2)CC1. The number of likely N-dealkylation sites (N-methyl/N-ethyl adjacent to an activating group) is 1. The number of hydrogen-bond donors (Lipinski definition) is 1. The predicted molar refractivity (Wildman–Crippen MR) is 118 cm³/mol. The highest BCUT2D eigenvalue weighted by molar-refractivity contribution is 5.79. The number of amides is 2. The lowest BCUT2D eigenvalue weighted by Gasteiger charge is -2.42. The van der Waals surface area contributed by atoms with Gasteiger partial charge in [0.25, 0.3) is 0 Å². The minimum Gasteiger partial charge on any atom is -0.350 e. The molecule has 0 radical (unpaired) electrons. The van der Waals surface area contributed by atoms with Crippen LogP contribution in [0, 0.1) is 5.92 Å². The second-order valence-electron chi connectivity index (χ2n) is 8.98. The van der Waals surface area contributed by atoms with Crippen LogP contribution < -0.4 is 5.32 Å². The fourth-order valence-electron chi connectivity index (χ4n) is 4.41. The summed E-state index contributed by atoms with van der Waals surface area (Å²) in [6.45, 7) is 8.92. The van der Waals surface area contributed by atoms with E-state index in [4.69, 9.17) is 0 Å². The molecule has 0 aromatic carbocycles. The Labute approximate surface area is 180 Å². The summed E-state index contributed by atoms with van der Waals surface area (Å²) in [6, 6.07) is 6.52. The molecule has 1 N–H and O–H groups in total. The fourth-order valence-corrected chi connectivity index (χ4v) is 4.41. The topological polar surface area (TPSA) is 68.8 Å².